The van der Waals surface area contributed by atoms with E-state index in [4.69, 9.17) is 14.7 Å². The number of carboxylic acids is 1. The van der Waals surface area contributed by atoms with Crippen LogP contribution in [0.2, 0.25) is 0 Å². The highest BCUT2D eigenvalue weighted by atomic mass is 16.5. The third-order valence-corrected chi connectivity index (χ3v) is 4.29. The number of carboxylic acid groups (broad SMARTS) is 1. The van der Waals surface area contributed by atoms with Gasteiger partial charge in [0.05, 0.1) is 6.42 Å². The quantitative estimate of drug-likeness (QED) is 0.765. The lowest BCUT2D eigenvalue weighted by molar-refractivity contribution is -0.137. The molecule has 0 bridgehead atoms. The molecule has 21 heavy (non-hydrogen) atoms. The van der Waals surface area contributed by atoms with Crippen molar-refractivity contribution in [2.75, 3.05) is 0 Å². The first-order chi connectivity index (χ1) is 10.2. The first kappa shape index (κ1) is 15.9. The molecule has 0 radical (unpaired) electrons. The highest BCUT2D eigenvalue weighted by Crippen LogP contribution is 2.30. The second kappa shape index (κ2) is 8.12. The van der Waals surface area contributed by atoms with Crippen molar-refractivity contribution in [2.24, 2.45) is 5.92 Å². The fourth-order valence-corrected chi connectivity index (χ4v) is 3.15. The number of nitrogens with zero attached hydrogens (tertiary/aromatic N) is 2. The number of aromatic nitrogens is 2. The van der Waals surface area contributed by atoms with Crippen molar-refractivity contribution in [1.82, 2.24) is 10.1 Å². The molecule has 0 saturated heterocycles. The fraction of sp³-hybridized carbons (Fsp3) is 0.800. The minimum absolute atomic E-state index is 0.00225. The van der Waals surface area contributed by atoms with Gasteiger partial charge >= 0.3 is 5.97 Å². The maximum atomic E-state index is 11.0. The first-order valence-electron chi connectivity index (χ1n) is 7.84. The van der Waals surface area contributed by atoms with E-state index in [1.54, 1.807) is 0 Å². The number of aliphatic hydroxyl groups excluding tert-OH is 1. The molecule has 0 spiro atoms. The largest absolute Gasteiger partial charge is 0.481 e. The number of rotatable bonds is 8. The van der Waals surface area contributed by atoms with Gasteiger partial charge in [0.25, 0.3) is 0 Å². The van der Waals surface area contributed by atoms with Crippen LogP contribution in [-0.4, -0.2) is 26.3 Å². The summed E-state index contributed by atoms with van der Waals surface area (Å²) < 4.78 is 5.08. The van der Waals surface area contributed by atoms with E-state index in [2.05, 4.69) is 10.1 Å². The topological polar surface area (TPSA) is 96.5 Å². The summed E-state index contributed by atoms with van der Waals surface area (Å²) in [6.07, 6.45) is 9.49. The van der Waals surface area contributed by atoms with Gasteiger partial charge in [-0.15, -0.1) is 0 Å². The number of hydrogen-bond acceptors (Lipinski definition) is 5. The molecule has 0 aliphatic heterocycles. The van der Waals surface area contributed by atoms with Crippen molar-refractivity contribution in [3.8, 4) is 0 Å². The van der Waals surface area contributed by atoms with Gasteiger partial charge in [0.2, 0.25) is 5.89 Å². The molecule has 1 fully saturated rings. The third kappa shape index (κ3) is 5.12. The van der Waals surface area contributed by atoms with Gasteiger partial charge in [-0.2, -0.15) is 4.98 Å². The van der Waals surface area contributed by atoms with Crippen molar-refractivity contribution in [3.63, 3.8) is 0 Å². The van der Waals surface area contributed by atoms with Crippen LogP contribution in [0, 0.1) is 5.92 Å². The molecular formula is C15H24N2O4. The summed E-state index contributed by atoms with van der Waals surface area (Å²) in [6.45, 7) is -0.286. The Bertz CT molecular complexity index is 441. The zero-order valence-corrected chi connectivity index (χ0v) is 12.3. The summed E-state index contributed by atoms with van der Waals surface area (Å²) >= 11 is 0. The molecule has 118 valence electrons. The maximum Gasteiger partial charge on any atom is 0.304 e. The maximum absolute atomic E-state index is 11.0. The monoisotopic (exact) mass is 296 g/mol. The summed E-state index contributed by atoms with van der Waals surface area (Å²) in [6, 6.07) is 0. The van der Waals surface area contributed by atoms with Crippen LogP contribution in [0.1, 0.15) is 75.4 Å². The number of aliphatic carboxylic acids is 1. The normalized spacial score (nSPS) is 17.8. The van der Waals surface area contributed by atoms with Crippen molar-refractivity contribution in [3.05, 3.63) is 11.7 Å². The van der Waals surface area contributed by atoms with Crippen LogP contribution in [0.3, 0.4) is 0 Å². The Kier molecular flexibility index (Phi) is 6.17. The van der Waals surface area contributed by atoms with E-state index in [-0.39, 0.29) is 24.8 Å². The lowest BCUT2D eigenvalue weighted by atomic mass is 9.84. The zero-order chi connectivity index (χ0) is 15.1. The molecule has 6 nitrogen and oxygen atoms in total. The van der Waals surface area contributed by atoms with E-state index in [0.717, 1.165) is 25.2 Å². The number of carbonyl (C=O) groups is 1. The van der Waals surface area contributed by atoms with Crippen molar-refractivity contribution >= 4 is 5.97 Å². The predicted molar refractivity (Wildman–Crippen MR) is 75.6 cm³/mol. The molecule has 1 aromatic heterocycles. The van der Waals surface area contributed by atoms with Gasteiger partial charge in [-0.3, -0.25) is 4.79 Å². The van der Waals surface area contributed by atoms with E-state index in [1.807, 2.05) is 0 Å². The van der Waals surface area contributed by atoms with E-state index >= 15 is 0 Å². The summed E-state index contributed by atoms with van der Waals surface area (Å²) in [4.78, 5) is 15.0. The van der Waals surface area contributed by atoms with Gasteiger partial charge in [-0.1, -0.05) is 50.1 Å². The zero-order valence-electron chi connectivity index (χ0n) is 12.3. The van der Waals surface area contributed by atoms with E-state index in [1.165, 1.54) is 32.1 Å². The number of hydrogen-bond donors (Lipinski definition) is 2. The molecule has 0 unspecified atom stereocenters. The molecule has 2 N–H and O–H groups in total. The van der Waals surface area contributed by atoms with Crippen LogP contribution < -0.4 is 0 Å². The number of aliphatic hydroxyl groups is 1. The second-order valence-corrected chi connectivity index (χ2v) is 5.94. The molecule has 1 saturated carbocycles. The predicted octanol–water partition coefficient (Wildman–Crippen LogP) is 2.87. The summed E-state index contributed by atoms with van der Waals surface area (Å²) in [5.41, 5.74) is 0. The Morgan fingerprint density at radius 3 is 2.71 bits per heavy atom. The lowest BCUT2D eigenvalue weighted by Crippen LogP contribution is -2.10. The smallest absolute Gasteiger partial charge is 0.304 e. The van der Waals surface area contributed by atoms with Crippen LogP contribution in [0.5, 0.6) is 0 Å². The molecule has 6 heteroatoms. The third-order valence-electron chi connectivity index (χ3n) is 4.29. The minimum Gasteiger partial charge on any atom is -0.481 e. The Morgan fingerprint density at radius 1 is 1.33 bits per heavy atom. The highest BCUT2D eigenvalue weighted by Gasteiger charge is 2.22. The van der Waals surface area contributed by atoms with Gasteiger partial charge in [-0.05, 0) is 12.3 Å². The fourth-order valence-electron chi connectivity index (χ4n) is 3.15. The highest BCUT2D eigenvalue weighted by molar-refractivity contribution is 5.67. The summed E-state index contributed by atoms with van der Waals surface area (Å²) in [7, 11) is 0. The van der Waals surface area contributed by atoms with E-state index < -0.39 is 5.97 Å². The molecule has 0 amide bonds. The van der Waals surface area contributed by atoms with Crippen molar-refractivity contribution in [2.45, 2.75) is 70.3 Å². The van der Waals surface area contributed by atoms with Gasteiger partial charge in [0.15, 0.2) is 5.82 Å². The molecule has 2 rings (SSSR count). The minimum atomic E-state index is -0.860. The average Bonchev–Trinajstić information content (AvgIpc) is 2.96. The molecule has 1 heterocycles. The van der Waals surface area contributed by atoms with E-state index in [0.29, 0.717) is 5.89 Å². The van der Waals surface area contributed by atoms with Crippen LogP contribution in [-0.2, 0) is 11.4 Å². The first-order valence-corrected chi connectivity index (χ1v) is 7.84. The standard InChI is InChI=1S/C15H24N2O4/c18-10-13-16-15(21-17-13)12(9-14(19)20)8-4-7-11-5-2-1-3-6-11/h11-12,18H,1-10H2,(H,19,20)/t12-/m1/s1. The second-order valence-electron chi connectivity index (χ2n) is 5.94. The molecule has 0 aromatic carbocycles. The summed E-state index contributed by atoms with van der Waals surface area (Å²) in [5, 5.41) is 21.6. The molecule has 1 aliphatic carbocycles. The van der Waals surface area contributed by atoms with Gasteiger partial charge in [0.1, 0.15) is 6.61 Å². The Balaban J connectivity index is 1.85. The Morgan fingerprint density at radius 2 is 2.10 bits per heavy atom. The van der Waals surface area contributed by atoms with E-state index in [9.17, 15) is 4.79 Å². The van der Waals surface area contributed by atoms with Crippen LogP contribution in [0.25, 0.3) is 0 Å². The summed E-state index contributed by atoms with van der Waals surface area (Å²) in [5.74, 6) is 0.234. The van der Waals surface area contributed by atoms with Gasteiger partial charge in [-0.25, -0.2) is 0 Å². The van der Waals surface area contributed by atoms with Crippen LogP contribution >= 0.6 is 0 Å². The van der Waals surface area contributed by atoms with Gasteiger partial charge < -0.3 is 14.7 Å². The lowest BCUT2D eigenvalue weighted by Gasteiger charge is -2.21. The van der Waals surface area contributed by atoms with Crippen molar-refractivity contribution < 1.29 is 19.5 Å². The van der Waals surface area contributed by atoms with Crippen LogP contribution in [0.4, 0.5) is 0 Å². The molecule has 1 aromatic rings. The van der Waals surface area contributed by atoms with Crippen molar-refractivity contribution in [1.29, 1.82) is 0 Å². The van der Waals surface area contributed by atoms with Crippen LogP contribution in [0.15, 0.2) is 4.52 Å². The average molecular weight is 296 g/mol. The SMILES string of the molecule is O=C(O)C[C@@H](CCCC1CCCCC1)c1nc(CO)no1. The van der Waals surface area contributed by atoms with Gasteiger partial charge in [0, 0.05) is 5.92 Å². The Labute approximate surface area is 124 Å². The molecule has 1 aliphatic rings. The Hall–Kier alpha value is -1.43. The molecule has 1 atom stereocenters. The molecular weight excluding hydrogens is 272 g/mol.